The van der Waals surface area contributed by atoms with E-state index in [2.05, 4.69) is 5.32 Å². The van der Waals surface area contributed by atoms with Crippen LogP contribution in [0.1, 0.15) is 23.1 Å². The van der Waals surface area contributed by atoms with Crippen molar-refractivity contribution in [3.8, 4) is 23.0 Å². The van der Waals surface area contributed by atoms with Crippen molar-refractivity contribution in [2.45, 2.75) is 32.2 Å². The molecule has 4 N–H and O–H groups in total. The summed E-state index contributed by atoms with van der Waals surface area (Å²) in [5.74, 6) is 2.41. The van der Waals surface area contributed by atoms with Crippen LogP contribution in [0.25, 0.3) is 0 Å². The van der Waals surface area contributed by atoms with Crippen LogP contribution < -0.4 is 24.3 Å². The molecule has 0 amide bonds. The van der Waals surface area contributed by atoms with Crippen LogP contribution in [0.15, 0.2) is 103 Å². The summed E-state index contributed by atoms with van der Waals surface area (Å²) in [7, 11) is -3.43. The van der Waals surface area contributed by atoms with Crippen LogP contribution in [0.3, 0.4) is 0 Å². The van der Waals surface area contributed by atoms with Crippen LogP contribution >= 0.6 is 7.37 Å². The van der Waals surface area contributed by atoms with E-state index >= 15 is 0 Å². The zero-order valence-corrected chi connectivity index (χ0v) is 26.2. The van der Waals surface area contributed by atoms with Crippen molar-refractivity contribution in [1.82, 2.24) is 5.32 Å². The Hall–Kier alpha value is -3.85. The lowest BCUT2D eigenvalue weighted by molar-refractivity contribution is 0.106. The van der Waals surface area contributed by atoms with Gasteiger partial charge in [-0.05, 0) is 73.0 Å². The standard InChI is InChI=1S/C35H42NO8P/c37-24-30-22-34(16-17-35(30)43-25-29-8-3-1-4-9-29)42-26-31(38)23-36-19-18-28-12-14-33(15-13-28)44-27-45(39,40)21-7-20-41-32-10-5-2-6-11-32/h1-6,8-17,22,31,36-38H,7,18-21,23-27H2,(H,39,40)/t31-/m0/s1. The van der Waals surface area contributed by atoms with E-state index in [1.165, 1.54) is 0 Å². The molecule has 0 heterocycles. The first kappa shape index (κ1) is 34.0. The average molecular weight is 636 g/mol. The van der Waals surface area contributed by atoms with Crippen LogP contribution in [0.4, 0.5) is 0 Å². The number of ether oxygens (including phenoxy) is 4. The van der Waals surface area contributed by atoms with Gasteiger partial charge < -0.3 is 39.4 Å². The highest BCUT2D eigenvalue weighted by Gasteiger charge is 2.19. The van der Waals surface area contributed by atoms with E-state index < -0.39 is 13.5 Å². The van der Waals surface area contributed by atoms with Gasteiger partial charge in [0.1, 0.15) is 42.3 Å². The van der Waals surface area contributed by atoms with Crippen molar-refractivity contribution in [2.24, 2.45) is 0 Å². The molecule has 0 spiro atoms. The van der Waals surface area contributed by atoms with Gasteiger partial charge in [0.25, 0.3) is 0 Å². The summed E-state index contributed by atoms with van der Waals surface area (Å²) in [5, 5.41) is 23.3. The van der Waals surface area contributed by atoms with Crippen molar-refractivity contribution >= 4 is 7.37 Å². The topological polar surface area (TPSA) is 127 Å². The van der Waals surface area contributed by atoms with Gasteiger partial charge in [-0.25, -0.2) is 0 Å². The molecule has 4 aromatic rings. The first-order valence-electron chi connectivity index (χ1n) is 15.0. The summed E-state index contributed by atoms with van der Waals surface area (Å²) in [6, 6.07) is 31.8. The first-order chi connectivity index (χ1) is 21.9. The van der Waals surface area contributed by atoms with E-state index in [1.54, 1.807) is 30.3 Å². The second-order valence-corrected chi connectivity index (χ2v) is 13.0. The lowest BCUT2D eigenvalue weighted by Gasteiger charge is -2.15. The molecular weight excluding hydrogens is 593 g/mol. The largest absolute Gasteiger partial charge is 0.494 e. The Labute approximate surface area is 264 Å². The zero-order valence-electron chi connectivity index (χ0n) is 25.3. The summed E-state index contributed by atoms with van der Waals surface area (Å²) >= 11 is 0. The lowest BCUT2D eigenvalue weighted by atomic mass is 10.1. The van der Waals surface area contributed by atoms with Crippen molar-refractivity contribution in [2.75, 3.05) is 38.8 Å². The maximum atomic E-state index is 12.5. The summed E-state index contributed by atoms with van der Waals surface area (Å²) < 4.78 is 35.2. The Balaban J connectivity index is 1.08. The summed E-state index contributed by atoms with van der Waals surface area (Å²) in [6.07, 6.45) is 0.360. The van der Waals surface area contributed by atoms with Crippen molar-refractivity contribution in [3.05, 3.63) is 120 Å². The van der Waals surface area contributed by atoms with Crippen LogP contribution in [0, 0.1) is 0 Å². The first-order valence-corrected chi connectivity index (χ1v) is 17.1. The number of hydrogen-bond acceptors (Lipinski definition) is 8. The molecule has 10 heteroatoms. The minimum atomic E-state index is -3.43. The number of hydrogen-bond donors (Lipinski definition) is 4. The fourth-order valence-electron chi connectivity index (χ4n) is 4.41. The number of aliphatic hydroxyl groups is 2. The van der Waals surface area contributed by atoms with Crippen LogP contribution in [-0.4, -0.2) is 60.0 Å². The van der Waals surface area contributed by atoms with E-state index in [0.717, 1.165) is 23.3 Å². The maximum Gasteiger partial charge on any atom is 0.237 e. The second-order valence-electron chi connectivity index (χ2n) is 10.6. The molecule has 0 aromatic heterocycles. The Kier molecular flexibility index (Phi) is 13.8. The van der Waals surface area contributed by atoms with Gasteiger partial charge in [0.2, 0.25) is 7.37 Å². The summed E-state index contributed by atoms with van der Waals surface area (Å²) in [6.45, 7) is 1.68. The van der Waals surface area contributed by atoms with Crippen LogP contribution in [0.5, 0.6) is 23.0 Å². The number of para-hydroxylation sites is 1. The van der Waals surface area contributed by atoms with Crippen molar-refractivity contribution < 1.29 is 38.6 Å². The maximum absolute atomic E-state index is 12.5. The van der Waals surface area contributed by atoms with Gasteiger partial charge in [-0.1, -0.05) is 60.7 Å². The van der Waals surface area contributed by atoms with Gasteiger partial charge in [-0.2, -0.15) is 0 Å². The number of nitrogens with one attached hydrogen (secondary N) is 1. The highest BCUT2D eigenvalue weighted by atomic mass is 31.2. The minimum Gasteiger partial charge on any atom is -0.494 e. The van der Waals surface area contributed by atoms with E-state index in [9.17, 15) is 19.7 Å². The SMILES string of the molecule is O=P(O)(CCCOc1ccccc1)COc1ccc(CCNC[C@H](O)COc2ccc(OCc3ccccc3)c(CO)c2)cc1. The second kappa shape index (κ2) is 18.2. The molecule has 0 aliphatic carbocycles. The molecule has 1 unspecified atom stereocenters. The lowest BCUT2D eigenvalue weighted by Crippen LogP contribution is -2.32. The number of aliphatic hydroxyl groups excluding tert-OH is 2. The van der Waals surface area contributed by atoms with E-state index in [-0.39, 0.29) is 25.7 Å². The summed E-state index contributed by atoms with van der Waals surface area (Å²) in [5.41, 5.74) is 2.71. The van der Waals surface area contributed by atoms with E-state index in [1.807, 2.05) is 72.8 Å². The third kappa shape index (κ3) is 12.6. The Morgan fingerprint density at radius 1 is 0.756 bits per heavy atom. The molecule has 45 heavy (non-hydrogen) atoms. The Bertz CT molecular complexity index is 1450. The molecule has 0 bridgehead atoms. The number of benzene rings is 4. The van der Waals surface area contributed by atoms with Gasteiger partial charge in [0, 0.05) is 18.3 Å². The van der Waals surface area contributed by atoms with Crippen molar-refractivity contribution in [3.63, 3.8) is 0 Å². The molecular formula is C35H42NO8P. The van der Waals surface area contributed by atoms with Crippen LogP contribution in [-0.2, 0) is 24.2 Å². The van der Waals surface area contributed by atoms with Gasteiger partial charge in [-0.3, -0.25) is 4.57 Å². The average Bonchev–Trinajstić information content (AvgIpc) is 3.07. The molecule has 4 aromatic carbocycles. The monoisotopic (exact) mass is 635 g/mol. The molecule has 2 atom stereocenters. The predicted octanol–water partition coefficient (Wildman–Crippen LogP) is 5.41. The molecule has 240 valence electrons. The molecule has 4 rings (SSSR count). The molecule has 0 radical (unpaired) electrons. The molecule has 0 aliphatic rings. The van der Waals surface area contributed by atoms with Gasteiger partial charge >= 0.3 is 0 Å². The minimum absolute atomic E-state index is 0.100. The van der Waals surface area contributed by atoms with Crippen molar-refractivity contribution in [1.29, 1.82) is 0 Å². The third-order valence-corrected chi connectivity index (χ3v) is 8.42. The smallest absolute Gasteiger partial charge is 0.237 e. The van der Waals surface area contributed by atoms with E-state index in [0.29, 0.717) is 55.5 Å². The van der Waals surface area contributed by atoms with Gasteiger partial charge in [-0.15, -0.1) is 0 Å². The number of rotatable bonds is 20. The fourth-order valence-corrected chi connectivity index (χ4v) is 5.51. The molecule has 9 nitrogen and oxygen atoms in total. The molecule has 0 saturated carbocycles. The molecule has 0 saturated heterocycles. The van der Waals surface area contributed by atoms with Gasteiger partial charge in [0.05, 0.1) is 13.2 Å². The van der Waals surface area contributed by atoms with Gasteiger partial charge in [0.15, 0.2) is 6.35 Å². The predicted molar refractivity (Wildman–Crippen MR) is 174 cm³/mol. The zero-order chi connectivity index (χ0) is 31.7. The van der Waals surface area contributed by atoms with E-state index in [4.69, 9.17) is 18.9 Å². The Morgan fingerprint density at radius 2 is 1.44 bits per heavy atom. The van der Waals surface area contributed by atoms with Crippen LogP contribution in [0.2, 0.25) is 0 Å². The molecule has 0 fully saturated rings. The summed E-state index contributed by atoms with van der Waals surface area (Å²) in [4.78, 5) is 10.2. The fraction of sp³-hybridized carbons (Fsp3) is 0.314. The highest BCUT2D eigenvalue weighted by molar-refractivity contribution is 7.57. The highest BCUT2D eigenvalue weighted by Crippen LogP contribution is 2.41. The normalized spacial score (nSPS) is 13.0. The quantitative estimate of drug-likeness (QED) is 0.0746. The Morgan fingerprint density at radius 3 is 2.18 bits per heavy atom. The molecule has 0 aliphatic heterocycles. The third-order valence-electron chi connectivity index (χ3n) is 6.87.